The summed E-state index contributed by atoms with van der Waals surface area (Å²) < 4.78 is 5.34. The van der Waals surface area contributed by atoms with E-state index in [1.54, 1.807) is 25.1 Å². The zero-order valence-electron chi connectivity index (χ0n) is 7.43. The summed E-state index contributed by atoms with van der Waals surface area (Å²) >= 11 is 0. The van der Waals surface area contributed by atoms with Gasteiger partial charge in [-0.2, -0.15) is 0 Å². The van der Waals surface area contributed by atoms with Crippen molar-refractivity contribution in [3.8, 4) is 11.5 Å². The average molecular weight is 180 g/mol. The van der Waals surface area contributed by atoms with Crippen LogP contribution >= 0.6 is 0 Å². The molecule has 0 radical (unpaired) electrons. The molecule has 0 aliphatic heterocycles. The Morgan fingerprint density at radius 2 is 2.38 bits per heavy atom. The van der Waals surface area contributed by atoms with E-state index < -0.39 is 0 Å². The number of carbonyl (C=O) groups excluding carboxylic acids is 1. The van der Waals surface area contributed by atoms with E-state index in [2.05, 4.69) is 0 Å². The number of phenolic OH excluding ortho intramolecular Hbond substituents is 1. The van der Waals surface area contributed by atoms with Gasteiger partial charge in [-0.15, -0.1) is 0 Å². The maximum Gasteiger partial charge on any atom is 0.123 e. The Morgan fingerprint density at radius 1 is 1.62 bits per heavy atom. The summed E-state index contributed by atoms with van der Waals surface area (Å²) in [6, 6.07) is 6.51. The Kier molecular flexibility index (Phi) is 3.31. The molecule has 1 aromatic rings. The van der Waals surface area contributed by atoms with Gasteiger partial charge < -0.3 is 14.6 Å². The smallest absolute Gasteiger partial charge is 0.123 e. The first kappa shape index (κ1) is 9.58. The van der Waals surface area contributed by atoms with Gasteiger partial charge in [0.1, 0.15) is 23.9 Å². The van der Waals surface area contributed by atoms with E-state index in [1.165, 1.54) is 6.07 Å². The lowest BCUT2D eigenvalue weighted by atomic mass is 10.3. The van der Waals surface area contributed by atoms with Crippen molar-refractivity contribution in [3.63, 3.8) is 0 Å². The fourth-order valence-corrected chi connectivity index (χ4v) is 0.973. The number of hydrogen-bond donors (Lipinski definition) is 1. The highest BCUT2D eigenvalue weighted by atomic mass is 16.5. The highest BCUT2D eigenvalue weighted by Crippen LogP contribution is 2.19. The molecule has 0 aliphatic rings. The quantitative estimate of drug-likeness (QED) is 0.718. The van der Waals surface area contributed by atoms with Crippen LogP contribution in [-0.4, -0.2) is 17.5 Å². The number of benzene rings is 1. The third kappa shape index (κ3) is 3.15. The largest absolute Gasteiger partial charge is 0.508 e. The topological polar surface area (TPSA) is 46.5 Å². The van der Waals surface area contributed by atoms with Gasteiger partial charge in [0.05, 0.1) is 0 Å². The van der Waals surface area contributed by atoms with Gasteiger partial charge in [0.15, 0.2) is 0 Å². The molecule has 0 heterocycles. The van der Waals surface area contributed by atoms with Crippen molar-refractivity contribution in [2.45, 2.75) is 19.4 Å². The van der Waals surface area contributed by atoms with Crippen molar-refractivity contribution in [2.24, 2.45) is 0 Å². The zero-order chi connectivity index (χ0) is 9.68. The maximum absolute atomic E-state index is 10.1. The molecule has 3 nitrogen and oxygen atoms in total. The summed E-state index contributed by atoms with van der Waals surface area (Å²) in [6.45, 7) is 1.80. The number of carbonyl (C=O) groups is 1. The molecular formula is C10H12O3. The molecule has 70 valence electrons. The summed E-state index contributed by atoms with van der Waals surface area (Å²) in [6.07, 6.45) is 1.02. The molecule has 0 saturated carbocycles. The minimum Gasteiger partial charge on any atom is -0.508 e. The molecule has 1 N–H and O–H groups in total. The molecular weight excluding hydrogens is 168 g/mol. The first-order valence-corrected chi connectivity index (χ1v) is 4.11. The Bertz CT molecular complexity index is 283. The lowest BCUT2D eigenvalue weighted by molar-refractivity contribution is -0.109. The van der Waals surface area contributed by atoms with Crippen LogP contribution in [0.5, 0.6) is 11.5 Å². The fraction of sp³-hybridized carbons (Fsp3) is 0.300. The third-order valence-electron chi connectivity index (χ3n) is 1.58. The van der Waals surface area contributed by atoms with E-state index in [1.807, 2.05) is 0 Å². The van der Waals surface area contributed by atoms with Crippen molar-refractivity contribution in [1.29, 1.82) is 0 Å². The highest BCUT2D eigenvalue weighted by Gasteiger charge is 2.02. The van der Waals surface area contributed by atoms with Gasteiger partial charge >= 0.3 is 0 Å². The van der Waals surface area contributed by atoms with Gasteiger partial charge in [0, 0.05) is 12.5 Å². The molecule has 3 heteroatoms. The molecule has 0 aliphatic carbocycles. The van der Waals surface area contributed by atoms with Crippen LogP contribution in [0.15, 0.2) is 24.3 Å². The SMILES string of the molecule is CC(CC=O)Oc1cccc(O)c1. The van der Waals surface area contributed by atoms with Gasteiger partial charge in [0.2, 0.25) is 0 Å². The lowest BCUT2D eigenvalue weighted by Gasteiger charge is -2.11. The van der Waals surface area contributed by atoms with E-state index in [9.17, 15) is 4.79 Å². The van der Waals surface area contributed by atoms with E-state index >= 15 is 0 Å². The van der Waals surface area contributed by atoms with Gasteiger partial charge in [-0.3, -0.25) is 0 Å². The van der Waals surface area contributed by atoms with Gasteiger partial charge in [-0.25, -0.2) is 0 Å². The van der Waals surface area contributed by atoms with Crippen LogP contribution in [0.1, 0.15) is 13.3 Å². The normalized spacial score (nSPS) is 12.1. The van der Waals surface area contributed by atoms with Crippen LogP contribution < -0.4 is 4.74 Å². The summed E-state index contributed by atoms with van der Waals surface area (Å²) in [7, 11) is 0. The second kappa shape index (κ2) is 4.50. The second-order valence-electron chi connectivity index (χ2n) is 2.83. The molecule has 0 fully saturated rings. The third-order valence-corrected chi connectivity index (χ3v) is 1.58. The Balaban J connectivity index is 2.58. The number of ether oxygens (including phenoxy) is 1. The van der Waals surface area contributed by atoms with E-state index in [4.69, 9.17) is 9.84 Å². The van der Waals surface area contributed by atoms with E-state index in [0.29, 0.717) is 12.2 Å². The van der Waals surface area contributed by atoms with E-state index in [-0.39, 0.29) is 11.9 Å². The van der Waals surface area contributed by atoms with Crippen molar-refractivity contribution >= 4 is 6.29 Å². The minimum absolute atomic E-state index is 0.153. The van der Waals surface area contributed by atoms with Gasteiger partial charge in [0.25, 0.3) is 0 Å². The number of hydrogen-bond acceptors (Lipinski definition) is 3. The van der Waals surface area contributed by atoms with E-state index in [0.717, 1.165) is 6.29 Å². The molecule has 1 rings (SSSR count). The van der Waals surface area contributed by atoms with Crippen LogP contribution in [0.3, 0.4) is 0 Å². The molecule has 0 aromatic heterocycles. The number of rotatable bonds is 4. The molecule has 1 aromatic carbocycles. The van der Waals surface area contributed by atoms with Crippen LogP contribution in [-0.2, 0) is 4.79 Å². The fourth-order valence-electron chi connectivity index (χ4n) is 0.973. The van der Waals surface area contributed by atoms with Crippen LogP contribution in [0, 0.1) is 0 Å². The predicted octanol–water partition coefficient (Wildman–Crippen LogP) is 1.75. The molecule has 1 unspecified atom stereocenters. The highest BCUT2D eigenvalue weighted by molar-refractivity contribution is 5.50. The zero-order valence-corrected chi connectivity index (χ0v) is 7.43. The van der Waals surface area contributed by atoms with Crippen LogP contribution in [0.4, 0.5) is 0 Å². The molecule has 0 bridgehead atoms. The maximum atomic E-state index is 10.1. The van der Waals surface area contributed by atoms with Crippen molar-refractivity contribution < 1.29 is 14.6 Å². The monoisotopic (exact) mass is 180 g/mol. The average Bonchev–Trinajstić information content (AvgIpc) is 2.04. The Morgan fingerprint density at radius 3 is 3.00 bits per heavy atom. The molecule has 0 amide bonds. The van der Waals surface area contributed by atoms with Gasteiger partial charge in [-0.05, 0) is 19.1 Å². The number of aldehydes is 1. The molecule has 1 atom stereocenters. The predicted molar refractivity (Wildman–Crippen MR) is 48.9 cm³/mol. The first-order valence-electron chi connectivity index (χ1n) is 4.11. The Hall–Kier alpha value is -1.51. The summed E-state index contributed by atoms with van der Waals surface area (Å²) in [5, 5.41) is 9.11. The summed E-state index contributed by atoms with van der Waals surface area (Å²) in [5.41, 5.74) is 0. The Labute approximate surface area is 77.0 Å². The van der Waals surface area contributed by atoms with Crippen LogP contribution in [0.25, 0.3) is 0 Å². The molecule has 0 spiro atoms. The molecule has 13 heavy (non-hydrogen) atoms. The standard InChI is InChI=1S/C10H12O3/c1-8(5-6-11)13-10-4-2-3-9(12)7-10/h2-4,6-8,12H,5H2,1H3. The minimum atomic E-state index is -0.153. The molecule has 0 saturated heterocycles. The summed E-state index contributed by atoms with van der Waals surface area (Å²) in [5.74, 6) is 0.741. The first-order chi connectivity index (χ1) is 6.22. The van der Waals surface area contributed by atoms with Crippen molar-refractivity contribution in [2.75, 3.05) is 0 Å². The number of aromatic hydroxyl groups is 1. The lowest BCUT2D eigenvalue weighted by Crippen LogP contribution is -2.11. The summed E-state index contributed by atoms with van der Waals surface area (Å²) in [4.78, 5) is 10.1. The van der Waals surface area contributed by atoms with Gasteiger partial charge in [-0.1, -0.05) is 6.07 Å². The van der Waals surface area contributed by atoms with Crippen LogP contribution in [0.2, 0.25) is 0 Å². The second-order valence-corrected chi connectivity index (χ2v) is 2.83. The van der Waals surface area contributed by atoms with Crippen molar-refractivity contribution in [3.05, 3.63) is 24.3 Å². The van der Waals surface area contributed by atoms with Crippen molar-refractivity contribution in [1.82, 2.24) is 0 Å². The number of phenols is 1.